The summed E-state index contributed by atoms with van der Waals surface area (Å²) in [5.41, 5.74) is 36.4. The van der Waals surface area contributed by atoms with Crippen LogP contribution < -0.4 is 0 Å². The van der Waals surface area contributed by atoms with Gasteiger partial charge in [-0.2, -0.15) is 0 Å². The van der Waals surface area contributed by atoms with Crippen molar-refractivity contribution in [3.8, 4) is 0 Å². The Kier molecular flexibility index (Phi) is 33.5. The first-order chi connectivity index (χ1) is 60.7. The van der Waals surface area contributed by atoms with Gasteiger partial charge in [-0.1, -0.05) is 255 Å². The summed E-state index contributed by atoms with van der Waals surface area (Å²) in [6, 6.07) is 67.8. The second-order valence-corrected chi connectivity index (χ2v) is 30.3. The number of benzene rings is 8. The molecule has 5 saturated heterocycles. The molecule has 5 aliphatic heterocycles. The van der Waals surface area contributed by atoms with Crippen LogP contribution in [0.2, 0.25) is 0 Å². The SMILES string of the molecule is CCC1O[C@H](O[C@H]2C(C(C)=O)O[C@@H](O[C@@H]3C(COC(=O)c4ccccc4)O[C@H](OC)[C@@H](N=[N+]=[N-])C3OCc3ccccc3)C(OC(=O)c3ccccc3)[C@@H]2OCc2ccccc2)[C@@H](N=[N+]=[N-])C(C)[C@@H]1O[C@@H]1OC(C(=O)OC)[C@@H](O[C@H]2OC(CC)[C@H](OCc3ccccc3)[C@@H](OCc3ccccc3)C2N=[N+]=[N-])[C@@H](OCc2ccccc2)C1OCc1ccccc1. The monoisotopic (exact) mass is 1700 g/mol. The summed E-state index contributed by atoms with van der Waals surface area (Å²) < 4.78 is 129. The Morgan fingerprint density at radius 3 is 1.10 bits per heavy atom. The summed E-state index contributed by atoms with van der Waals surface area (Å²) in [4.78, 5) is 68.8. The third-order valence-corrected chi connectivity index (χ3v) is 22.2. The summed E-state index contributed by atoms with van der Waals surface area (Å²) in [7, 11) is 2.51. The maximum absolute atomic E-state index is 15.1. The number of nitrogens with zero attached hydrogens (tertiary/aromatic N) is 9. The van der Waals surface area contributed by atoms with Crippen molar-refractivity contribution in [2.75, 3.05) is 20.8 Å². The fourth-order valence-corrected chi connectivity index (χ4v) is 15.9. The summed E-state index contributed by atoms with van der Waals surface area (Å²) in [6.45, 7) is 5.84. The highest BCUT2D eigenvalue weighted by atomic mass is 16.8. The van der Waals surface area contributed by atoms with Gasteiger partial charge in [0.25, 0.3) is 0 Å². The Morgan fingerprint density at radius 2 is 0.677 bits per heavy atom. The van der Waals surface area contributed by atoms with E-state index in [9.17, 15) is 26.2 Å². The van der Waals surface area contributed by atoms with Crippen LogP contribution in [-0.2, 0) is 139 Å². The number of carbonyl (C=O) groups excluding carboxylic acids is 4. The van der Waals surface area contributed by atoms with Gasteiger partial charge in [0.2, 0.25) is 0 Å². The standard InChI is InChI=1S/C92H101N9O23/c1-7-66-72(119-91-83(113-54-63-43-27-14-28-44-63)78(111-52-61-39-23-12-24-40-61)81(82(124-91)87(105)106-5)123-90-71(98-101-95)76(109-50-59-35-19-10-20-36-59)74(67(8-2)116-90)108-49-58-33-17-9-18-34-58)56(3)69(96-99-93)89(115-66)122-80-73(57(4)102)120-92(84(118-86(104)65-47-31-16-32-48-65)79(80)112-53-62-41-25-13-26-42-62)121-75-68(55-114-85(103)64-45-29-15-30-46-64)117-88(107-6)70(97-100-94)77(75)110-51-60-37-21-11-22-38-60/h9-48,56,66-84,88-92H,7-8,49-55H2,1-6H3/t56?,66?,67?,68?,69-,70-,71?,72-,73?,74-,75+,76-,77?,78+,79+,80-,81-,82?,83?,84?,88-,89+,90+,91+,92-/m0/s1. The Morgan fingerprint density at radius 1 is 0.347 bits per heavy atom. The zero-order valence-corrected chi connectivity index (χ0v) is 69.3. The van der Waals surface area contributed by atoms with Gasteiger partial charge in [-0.05, 0) is 99.9 Å². The van der Waals surface area contributed by atoms with Gasteiger partial charge in [0.15, 0.2) is 49.4 Å². The van der Waals surface area contributed by atoms with Gasteiger partial charge in [0.05, 0.1) is 82.2 Å². The van der Waals surface area contributed by atoms with Gasteiger partial charge < -0.3 is 90.0 Å². The predicted octanol–water partition coefficient (Wildman–Crippen LogP) is 14.6. The Hall–Kier alpha value is -10.9. The first-order valence-corrected chi connectivity index (χ1v) is 41.2. The summed E-state index contributed by atoms with van der Waals surface area (Å²) in [6.07, 6.45) is -29.5. The lowest BCUT2D eigenvalue weighted by molar-refractivity contribution is -0.377. The lowest BCUT2D eigenvalue weighted by atomic mass is 9.87. The van der Waals surface area contributed by atoms with Crippen molar-refractivity contribution in [3.63, 3.8) is 0 Å². The minimum atomic E-state index is -1.88. The minimum absolute atomic E-state index is 0.0612. The van der Waals surface area contributed by atoms with E-state index >= 15 is 9.59 Å². The summed E-state index contributed by atoms with van der Waals surface area (Å²) in [5.74, 6) is -4.23. The molecule has 10 unspecified atom stereocenters. The number of hydrogen-bond donors (Lipinski definition) is 0. The molecule has 0 bridgehead atoms. The van der Waals surface area contributed by atoms with Gasteiger partial charge >= 0.3 is 17.9 Å². The Labute approximate surface area is 717 Å². The molecular weight excluding hydrogens is 1600 g/mol. The number of esters is 3. The average molecular weight is 1700 g/mol. The third kappa shape index (κ3) is 23.2. The average Bonchev–Trinajstić information content (AvgIpc) is 0.757. The molecule has 0 saturated carbocycles. The van der Waals surface area contributed by atoms with Gasteiger partial charge in [-0.25, -0.2) is 14.4 Å². The maximum Gasteiger partial charge on any atom is 0.338 e. The molecule has 13 rings (SSSR count). The molecule has 5 aliphatic rings. The lowest BCUT2D eigenvalue weighted by Gasteiger charge is -2.52. The maximum atomic E-state index is 15.1. The van der Waals surface area contributed by atoms with Crippen molar-refractivity contribution >= 4 is 23.7 Å². The fraction of sp³-hybridized carbons (Fsp3) is 0.435. The van der Waals surface area contributed by atoms with Crippen LogP contribution in [0.5, 0.6) is 0 Å². The van der Waals surface area contributed by atoms with Crippen molar-refractivity contribution in [2.24, 2.45) is 21.3 Å². The van der Waals surface area contributed by atoms with Crippen LogP contribution in [0.1, 0.15) is 94.6 Å². The molecule has 32 heteroatoms. The highest BCUT2D eigenvalue weighted by Crippen LogP contribution is 2.44. The van der Waals surface area contributed by atoms with E-state index < -0.39 is 183 Å². The molecule has 5 heterocycles. The minimum Gasteiger partial charge on any atom is -0.467 e. The number of rotatable bonds is 39. The molecule has 0 amide bonds. The second-order valence-electron chi connectivity index (χ2n) is 30.3. The van der Waals surface area contributed by atoms with E-state index in [-0.39, 0.29) is 57.2 Å². The molecule has 0 aromatic heterocycles. The highest BCUT2D eigenvalue weighted by Gasteiger charge is 2.61. The fourth-order valence-electron chi connectivity index (χ4n) is 15.9. The molecule has 0 aliphatic carbocycles. The van der Waals surface area contributed by atoms with Crippen LogP contribution in [0.15, 0.2) is 258 Å². The van der Waals surface area contributed by atoms with Crippen LogP contribution in [0.3, 0.4) is 0 Å². The van der Waals surface area contributed by atoms with Crippen molar-refractivity contribution in [3.05, 3.63) is 318 Å². The molecule has 8 aromatic rings. The van der Waals surface area contributed by atoms with Crippen LogP contribution in [0.25, 0.3) is 31.3 Å². The van der Waals surface area contributed by atoms with E-state index in [0.29, 0.717) is 28.7 Å². The van der Waals surface area contributed by atoms with Gasteiger partial charge in [-0.3, -0.25) is 4.79 Å². The number of ketones is 1. The number of azide groups is 3. The van der Waals surface area contributed by atoms with Crippen molar-refractivity contribution < 1.29 is 109 Å². The first-order valence-electron chi connectivity index (χ1n) is 41.2. The van der Waals surface area contributed by atoms with Crippen LogP contribution in [-0.4, -0.2) is 192 Å². The molecule has 25 atom stereocenters. The van der Waals surface area contributed by atoms with E-state index in [1.807, 2.05) is 172 Å². The first kappa shape index (κ1) is 90.8. The number of carbonyl (C=O) groups is 4. The molecule has 0 N–H and O–H groups in total. The molecule has 124 heavy (non-hydrogen) atoms. The van der Waals surface area contributed by atoms with Gasteiger partial charge in [-0.15, -0.1) is 0 Å². The topological polar surface area (TPSA) is 390 Å². The highest BCUT2D eigenvalue weighted by molar-refractivity contribution is 5.90. The molecule has 5 fully saturated rings. The van der Waals surface area contributed by atoms with Crippen LogP contribution >= 0.6 is 0 Å². The van der Waals surface area contributed by atoms with Crippen molar-refractivity contribution in [1.29, 1.82) is 0 Å². The number of Topliss-reactive ketones (excluding diaryl/α,β-unsaturated/α-hetero) is 1. The van der Waals surface area contributed by atoms with E-state index in [0.717, 1.165) is 11.1 Å². The quantitative estimate of drug-likeness (QED) is 0.0113. The normalized spacial score (nSPS) is 29.7. The molecule has 0 spiro atoms. The van der Waals surface area contributed by atoms with E-state index in [2.05, 4.69) is 30.1 Å². The summed E-state index contributed by atoms with van der Waals surface area (Å²) in [5, 5.41) is 12.8. The largest absolute Gasteiger partial charge is 0.467 e. The van der Waals surface area contributed by atoms with Gasteiger partial charge in [0, 0.05) is 21.8 Å². The van der Waals surface area contributed by atoms with Gasteiger partial charge in [0.1, 0.15) is 85.8 Å². The van der Waals surface area contributed by atoms with E-state index in [1.54, 1.807) is 79.7 Å². The molecule has 8 aromatic carbocycles. The zero-order chi connectivity index (χ0) is 86.7. The lowest BCUT2D eigenvalue weighted by Crippen LogP contribution is -2.68. The molecule has 0 radical (unpaired) electrons. The third-order valence-electron chi connectivity index (χ3n) is 22.2. The summed E-state index contributed by atoms with van der Waals surface area (Å²) >= 11 is 0. The van der Waals surface area contributed by atoms with Crippen LogP contribution in [0.4, 0.5) is 0 Å². The van der Waals surface area contributed by atoms with Crippen molar-refractivity contribution in [1.82, 2.24) is 0 Å². The number of hydrogen-bond acceptors (Lipinski definition) is 26. The van der Waals surface area contributed by atoms with E-state index in [4.69, 9.17) is 90.0 Å². The number of methoxy groups -OCH3 is 2. The Balaban J connectivity index is 0.863. The molecular formula is C92H101N9O23. The smallest absolute Gasteiger partial charge is 0.338 e. The van der Waals surface area contributed by atoms with E-state index in [1.165, 1.54) is 33.3 Å². The van der Waals surface area contributed by atoms with Crippen LogP contribution in [0, 0.1) is 5.92 Å². The predicted molar refractivity (Wildman–Crippen MR) is 444 cm³/mol. The second kappa shape index (κ2) is 45.7. The molecule has 652 valence electrons. The zero-order valence-electron chi connectivity index (χ0n) is 69.3. The molecule has 32 nitrogen and oxygen atoms in total. The Bertz CT molecular complexity index is 4810. The van der Waals surface area contributed by atoms with Crippen molar-refractivity contribution in [2.45, 2.75) is 227 Å². The number of ether oxygens (including phenoxy) is 19.